The third-order valence-electron chi connectivity index (χ3n) is 3.16. The molecule has 2 aromatic rings. The van der Waals surface area contributed by atoms with Gasteiger partial charge in [-0.1, -0.05) is 6.07 Å². The Hall–Kier alpha value is -1.20. The number of aromatic nitrogens is 2. The quantitative estimate of drug-likeness (QED) is 0.898. The van der Waals surface area contributed by atoms with Crippen LogP contribution in [0.5, 0.6) is 0 Å². The lowest BCUT2D eigenvalue weighted by Crippen LogP contribution is -2.31. The Bertz CT molecular complexity index is 526. The first-order valence-electron chi connectivity index (χ1n) is 5.97. The van der Waals surface area contributed by atoms with E-state index in [1.807, 2.05) is 47.6 Å². The maximum atomic E-state index is 9.57. The molecule has 0 aliphatic heterocycles. The van der Waals surface area contributed by atoms with Gasteiger partial charge in [-0.05, 0) is 25.3 Å². The van der Waals surface area contributed by atoms with Crippen molar-refractivity contribution >= 4 is 23.2 Å². The highest BCUT2D eigenvalue weighted by Gasteiger charge is 2.18. The van der Waals surface area contributed by atoms with Gasteiger partial charge < -0.3 is 10.0 Å². The first-order chi connectivity index (χ1) is 8.69. The van der Waals surface area contributed by atoms with Crippen molar-refractivity contribution in [1.29, 1.82) is 0 Å². The molecule has 5 heteroatoms. The first kappa shape index (κ1) is 13.2. The molecule has 98 valence electrons. The summed E-state index contributed by atoms with van der Waals surface area (Å²) >= 11 is 1.81. The zero-order valence-electron chi connectivity index (χ0n) is 11.0. The van der Waals surface area contributed by atoms with Crippen LogP contribution in [-0.2, 0) is 6.61 Å². The van der Waals surface area contributed by atoms with Gasteiger partial charge in [0.25, 0.3) is 0 Å². The zero-order valence-corrected chi connectivity index (χ0v) is 11.8. The molecule has 4 nitrogen and oxygen atoms in total. The summed E-state index contributed by atoms with van der Waals surface area (Å²) in [5.74, 6) is 1.90. The van der Waals surface area contributed by atoms with Crippen molar-refractivity contribution in [2.24, 2.45) is 0 Å². The molecular formula is C13H19N3OS. The Morgan fingerprint density at radius 3 is 2.94 bits per heavy atom. The van der Waals surface area contributed by atoms with Crippen LogP contribution in [0.3, 0.4) is 0 Å². The molecule has 18 heavy (non-hydrogen) atoms. The van der Waals surface area contributed by atoms with Gasteiger partial charge in [-0.15, -0.1) is 0 Å². The zero-order chi connectivity index (χ0) is 13.1. The van der Waals surface area contributed by atoms with Gasteiger partial charge >= 0.3 is 0 Å². The molecule has 0 radical (unpaired) electrons. The van der Waals surface area contributed by atoms with E-state index in [0.29, 0.717) is 6.04 Å². The molecule has 0 aromatic carbocycles. The Labute approximate surface area is 112 Å². The molecule has 0 saturated carbocycles. The van der Waals surface area contributed by atoms with Crippen molar-refractivity contribution < 1.29 is 5.11 Å². The normalized spacial score (nSPS) is 12.9. The average molecular weight is 265 g/mol. The third-order valence-corrected chi connectivity index (χ3v) is 3.98. The number of rotatable bonds is 5. The van der Waals surface area contributed by atoms with Crippen LogP contribution in [0.15, 0.2) is 24.4 Å². The molecule has 1 unspecified atom stereocenters. The molecule has 0 fully saturated rings. The predicted molar refractivity (Wildman–Crippen MR) is 77.4 cm³/mol. The van der Waals surface area contributed by atoms with Crippen LogP contribution in [0, 0.1) is 0 Å². The number of fused-ring (bicyclic) bond motifs is 1. The minimum absolute atomic E-state index is 0.00313. The molecule has 0 amide bonds. The van der Waals surface area contributed by atoms with Gasteiger partial charge in [0.05, 0.1) is 12.3 Å². The fraction of sp³-hybridized carbons (Fsp3) is 0.462. The predicted octanol–water partition coefficient (Wildman–Crippen LogP) is 2.01. The Morgan fingerprint density at radius 1 is 1.50 bits per heavy atom. The average Bonchev–Trinajstić information content (AvgIpc) is 2.76. The second-order valence-electron chi connectivity index (χ2n) is 4.38. The topological polar surface area (TPSA) is 40.8 Å². The lowest BCUT2D eigenvalue weighted by Gasteiger charge is -2.25. The molecule has 0 saturated heterocycles. The Morgan fingerprint density at radius 2 is 2.28 bits per heavy atom. The van der Waals surface area contributed by atoms with Gasteiger partial charge in [-0.2, -0.15) is 11.8 Å². The molecular weight excluding hydrogens is 246 g/mol. The van der Waals surface area contributed by atoms with Crippen LogP contribution in [-0.4, -0.2) is 39.6 Å². The van der Waals surface area contributed by atoms with Crippen molar-refractivity contribution in [2.75, 3.05) is 24.0 Å². The number of thioether (sulfide) groups is 1. The van der Waals surface area contributed by atoms with Crippen LogP contribution in [0.4, 0.5) is 5.82 Å². The van der Waals surface area contributed by atoms with E-state index in [-0.39, 0.29) is 6.61 Å². The summed E-state index contributed by atoms with van der Waals surface area (Å²) in [6, 6.07) is 6.24. The molecule has 0 aliphatic rings. The molecule has 1 atom stereocenters. The summed E-state index contributed by atoms with van der Waals surface area (Å²) in [5, 5.41) is 9.57. The highest BCUT2D eigenvalue weighted by molar-refractivity contribution is 7.98. The molecule has 0 spiro atoms. The van der Waals surface area contributed by atoms with Crippen LogP contribution in [0.1, 0.15) is 12.6 Å². The van der Waals surface area contributed by atoms with E-state index in [4.69, 9.17) is 0 Å². The smallest absolute Gasteiger partial charge is 0.153 e. The number of anilines is 1. The number of hydrogen-bond donors (Lipinski definition) is 1. The number of aliphatic hydroxyl groups excluding tert-OH is 1. The van der Waals surface area contributed by atoms with Gasteiger partial charge in [0.2, 0.25) is 0 Å². The maximum Gasteiger partial charge on any atom is 0.153 e. The van der Waals surface area contributed by atoms with E-state index in [9.17, 15) is 5.11 Å². The standard InChI is InChI=1S/C13H19N3OS/c1-10(9-18-3)15(2)13-11(8-17)16-7-5-4-6-12(16)14-13/h4-7,10,17H,8-9H2,1-3H3. The number of hydrogen-bond acceptors (Lipinski definition) is 4. The lowest BCUT2D eigenvalue weighted by atomic mass is 10.3. The summed E-state index contributed by atoms with van der Waals surface area (Å²) in [7, 11) is 2.03. The molecule has 1 N–H and O–H groups in total. The van der Waals surface area contributed by atoms with Crippen LogP contribution in [0.2, 0.25) is 0 Å². The molecule has 2 aromatic heterocycles. The number of pyridine rings is 1. The first-order valence-corrected chi connectivity index (χ1v) is 7.37. The van der Waals surface area contributed by atoms with Crippen molar-refractivity contribution in [3.63, 3.8) is 0 Å². The van der Waals surface area contributed by atoms with E-state index in [0.717, 1.165) is 22.9 Å². The van der Waals surface area contributed by atoms with Crippen LogP contribution < -0.4 is 4.90 Å². The molecule has 2 rings (SSSR count). The number of imidazole rings is 1. The summed E-state index contributed by atoms with van der Waals surface area (Å²) in [6.45, 7) is 2.17. The van der Waals surface area contributed by atoms with E-state index < -0.39 is 0 Å². The van der Waals surface area contributed by atoms with Crippen molar-refractivity contribution in [2.45, 2.75) is 19.6 Å². The summed E-state index contributed by atoms with van der Waals surface area (Å²) < 4.78 is 1.94. The maximum absolute atomic E-state index is 9.57. The second kappa shape index (κ2) is 5.63. The summed E-state index contributed by atoms with van der Waals surface area (Å²) in [4.78, 5) is 6.74. The van der Waals surface area contributed by atoms with Crippen LogP contribution in [0.25, 0.3) is 5.65 Å². The Kier molecular flexibility index (Phi) is 4.14. The highest BCUT2D eigenvalue weighted by Crippen LogP contribution is 2.23. The SMILES string of the molecule is CSCC(C)N(C)c1nc2ccccn2c1CO. The fourth-order valence-corrected chi connectivity index (χ4v) is 2.73. The van der Waals surface area contributed by atoms with Gasteiger partial charge in [0, 0.05) is 25.0 Å². The van der Waals surface area contributed by atoms with Gasteiger partial charge in [-0.3, -0.25) is 4.40 Å². The number of nitrogens with zero attached hydrogens (tertiary/aromatic N) is 3. The van der Waals surface area contributed by atoms with Gasteiger partial charge in [0.1, 0.15) is 5.65 Å². The van der Waals surface area contributed by atoms with E-state index in [1.165, 1.54) is 0 Å². The monoisotopic (exact) mass is 265 g/mol. The van der Waals surface area contributed by atoms with Crippen molar-refractivity contribution in [3.05, 3.63) is 30.1 Å². The van der Waals surface area contributed by atoms with Crippen molar-refractivity contribution in [3.8, 4) is 0 Å². The molecule has 2 heterocycles. The highest BCUT2D eigenvalue weighted by atomic mass is 32.2. The van der Waals surface area contributed by atoms with Crippen molar-refractivity contribution in [1.82, 2.24) is 9.38 Å². The van der Waals surface area contributed by atoms with E-state index in [1.54, 1.807) is 0 Å². The second-order valence-corrected chi connectivity index (χ2v) is 5.30. The minimum Gasteiger partial charge on any atom is -0.390 e. The van der Waals surface area contributed by atoms with E-state index >= 15 is 0 Å². The molecule has 0 bridgehead atoms. The summed E-state index contributed by atoms with van der Waals surface area (Å²) in [5.41, 5.74) is 1.72. The van der Waals surface area contributed by atoms with Crippen LogP contribution >= 0.6 is 11.8 Å². The minimum atomic E-state index is -0.00313. The lowest BCUT2D eigenvalue weighted by molar-refractivity contribution is 0.276. The number of aliphatic hydroxyl groups is 1. The largest absolute Gasteiger partial charge is 0.390 e. The van der Waals surface area contributed by atoms with E-state index in [2.05, 4.69) is 23.1 Å². The third kappa shape index (κ3) is 2.33. The Balaban J connectivity index is 2.43. The van der Waals surface area contributed by atoms with Gasteiger partial charge in [0.15, 0.2) is 5.82 Å². The molecule has 0 aliphatic carbocycles. The fourth-order valence-electron chi connectivity index (χ4n) is 2.03. The van der Waals surface area contributed by atoms with Gasteiger partial charge in [-0.25, -0.2) is 4.98 Å². The summed E-state index contributed by atoms with van der Waals surface area (Å²) in [6.07, 6.45) is 4.03.